The summed E-state index contributed by atoms with van der Waals surface area (Å²) >= 11 is 1.42. The van der Waals surface area contributed by atoms with E-state index in [1.54, 1.807) is 16.3 Å². The summed E-state index contributed by atoms with van der Waals surface area (Å²) in [7, 11) is -3.73. The molecule has 0 aliphatic carbocycles. The van der Waals surface area contributed by atoms with Crippen LogP contribution in [0.5, 0.6) is 0 Å². The number of rotatable bonds is 2. The number of carbonyl (C=O) groups is 1. The molecule has 0 radical (unpaired) electrons. The van der Waals surface area contributed by atoms with Crippen molar-refractivity contribution in [3.8, 4) is 0 Å². The summed E-state index contributed by atoms with van der Waals surface area (Å²) in [5.74, 6) is -0.165. The van der Waals surface area contributed by atoms with Gasteiger partial charge in [0.05, 0.1) is 9.90 Å². The predicted molar refractivity (Wildman–Crippen MR) is 80.0 cm³/mol. The number of nitrogens with zero attached hydrogens (tertiary/aromatic N) is 2. The van der Waals surface area contributed by atoms with Crippen molar-refractivity contribution >= 4 is 33.0 Å². The smallest absolute Gasteiger partial charge is 0.277 e. The van der Waals surface area contributed by atoms with Crippen molar-refractivity contribution in [1.82, 2.24) is 4.98 Å². The fraction of sp³-hybridized carbons (Fsp3) is 0.231. The average Bonchev–Trinajstić information content (AvgIpc) is 3.02. The van der Waals surface area contributed by atoms with Crippen molar-refractivity contribution in [3.63, 3.8) is 0 Å². The number of aromatic nitrogens is 1. The Morgan fingerprint density at radius 1 is 1.43 bits per heavy atom. The summed E-state index contributed by atoms with van der Waals surface area (Å²) in [6.07, 6.45) is 0.605. The molecule has 0 unspecified atom stereocenters. The molecule has 2 aromatic rings. The quantitative estimate of drug-likeness (QED) is 0.901. The van der Waals surface area contributed by atoms with Crippen LogP contribution >= 0.6 is 11.3 Å². The lowest BCUT2D eigenvalue weighted by Crippen LogP contribution is -2.29. The van der Waals surface area contributed by atoms with Crippen LogP contribution in [0, 0.1) is 6.92 Å². The third-order valence-electron chi connectivity index (χ3n) is 3.36. The molecular formula is C13H13N3O3S2. The van der Waals surface area contributed by atoms with Gasteiger partial charge in [-0.3, -0.25) is 4.79 Å². The summed E-state index contributed by atoms with van der Waals surface area (Å²) in [6.45, 7) is 2.36. The molecule has 1 aromatic heterocycles. The first kappa shape index (κ1) is 14.2. The zero-order valence-electron chi connectivity index (χ0n) is 11.2. The van der Waals surface area contributed by atoms with Crippen LogP contribution in [0.3, 0.4) is 0 Å². The Balaban J connectivity index is 1.96. The van der Waals surface area contributed by atoms with Gasteiger partial charge in [-0.2, -0.15) is 0 Å². The number of anilines is 1. The Labute approximate surface area is 126 Å². The minimum Gasteiger partial charge on any atom is -0.306 e. The molecule has 21 heavy (non-hydrogen) atoms. The minimum atomic E-state index is -3.73. The van der Waals surface area contributed by atoms with Gasteiger partial charge < -0.3 is 4.90 Å². The predicted octanol–water partition coefficient (Wildman–Crippen LogP) is 1.30. The number of carbonyl (C=O) groups excluding carboxylic acids is 1. The van der Waals surface area contributed by atoms with Crippen molar-refractivity contribution in [2.75, 3.05) is 11.4 Å². The lowest BCUT2D eigenvalue weighted by molar-refractivity contribution is 0.0985. The van der Waals surface area contributed by atoms with E-state index in [-0.39, 0.29) is 10.8 Å². The zero-order valence-corrected chi connectivity index (χ0v) is 12.9. The molecule has 0 fully saturated rings. The second-order valence-electron chi connectivity index (χ2n) is 4.79. The zero-order chi connectivity index (χ0) is 15.2. The molecule has 3 rings (SSSR count). The molecular weight excluding hydrogens is 310 g/mol. The lowest BCUT2D eigenvalue weighted by Gasteiger charge is -2.16. The SMILES string of the molecule is Cc1nc(C(=O)N2CCc3cc(S(N)(=O)=O)ccc32)cs1. The third kappa shape index (κ3) is 2.57. The van der Waals surface area contributed by atoms with E-state index in [9.17, 15) is 13.2 Å². The summed E-state index contributed by atoms with van der Waals surface area (Å²) in [5, 5.41) is 7.69. The Morgan fingerprint density at radius 2 is 2.19 bits per heavy atom. The van der Waals surface area contributed by atoms with Crippen LogP contribution in [-0.4, -0.2) is 25.9 Å². The first-order valence-corrected chi connectivity index (χ1v) is 8.68. The Bertz CT molecular complexity index is 827. The Kier molecular flexibility index (Phi) is 3.31. The van der Waals surface area contributed by atoms with Crippen LogP contribution < -0.4 is 10.0 Å². The number of fused-ring (bicyclic) bond motifs is 1. The molecule has 1 aromatic carbocycles. The molecule has 0 saturated heterocycles. The van der Waals surface area contributed by atoms with Crippen LogP contribution in [0.15, 0.2) is 28.5 Å². The molecule has 0 atom stereocenters. The van der Waals surface area contributed by atoms with Gasteiger partial charge in [0, 0.05) is 17.6 Å². The summed E-state index contributed by atoms with van der Waals surface area (Å²) < 4.78 is 22.7. The molecule has 1 amide bonds. The van der Waals surface area contributed by atoms with Crippen LogP contribution in [-0.2, 0) is 16.4 Å². The van der Waals surface area contributed by atoms with E-state index < -0.39 is 10.0 Å². The summed E-state index contributed by atoms with van der Waals surface area (Å²) in [6, 6.07) is 4.58. The first-order chi connectivity index (χ1) is 9.86. The molecule has 1 aliphatic heterocycles. The third-order valence-corrected chi connectivity index (χ3v) is 5.04. The molecule has 0 saturated carbocycles. The molecule has 0 spiro atoms. The van der Waals surface area contributed by atoms with Crippen LogP contribution in [0.2, 0.25) is 0 Å². The number of hydrogen-bond donors (Lipinski definition) is 1. The van der Waals surface area contributed by atoms with E-state index in [1.165, 1.54) is 23.5 Å². The highest BCUT2D eigenvalue weighted by Crippen LogP contribution is 2.31. The number of sulfonamides is 1. The molecule has 8 heteroatoms. The minimum absolute atomic E-state index is 0.0695. The van der Waals surface area contributed by atoms with Gasteiger partial charge in [0.25, 0.3) is 5.91 Å². The van der Waals surface area contributed by atoms with Gasteiger partial charge in [-0.25, -0.2) is 18.5 Å². The standard InChI is InChI=1S/C13H13N3O3S2/c1-8-15-11(7-20-8)13(17)16-5-4-9-6-10(21(14,18)19)2-3-12(9)16/h2-3,6-7H,4-5H2,1H3,(H2,14,18,19). The lowest BCUT2D eigenvalue weighted by atomic mass is 10.2. The highest BCUT2D eigenvalue weighted by atomic mass is 32.2. The van der Waals surface area contributed by atoms with E-state index in [4.69, 9.17) is 5.14 Å². The van der Waals surface area contributed by atoms with E-state index in [2.05, 4.69) is 4.98 Å². The van der Waals surface area contributed by atoms with Gasteiger partial charge in [-0.05, 0) is 37.1 Å². The van der Waals surface area contributed by atoms with Gasteiger partial charge in [-0.1, -0.05) is 0 Å². The molecule has 6 nitrogen and oxygen atoms in total. The number of aryl methyl sites for hydroxylation is 1. The van der Waals surface area contributed by atoms with Crippen LogP contribution in [0.25, 0.3) is 0 Å². The van der Waals surface area contributed by atoms with Gasteiger partial charge in [0.15, 0.2) is 0 Å². The largest absolute Gasteiger partial charge is 0.306 e. The normalized spacial score (nSPS) is 14.3. The fourth-order valence-electron chi connectivity index (χ4n) is 2.37. The monoisotopic (exact) mass is 323 g/mol. The number of primary sulfonamides is 1. The molecule has 2 N–H and O–H groups in total. The Hall–Kier alpha value is -1.77. The highest BCUT2D eigenvalue weighted by molar-refractivity contribution is 7.89. The van der Waals surface area contributed by atoms with Crippen molar-refractivity contribution in [1.29, 1.82) is 0 Å². The number of amides is 1. The average molecular weight is 323 g/mol. The number of benzene rings is 1. The van der Waals surface area contributed by atoms with E-state index in [0.717, 1.165) is 16.3 Å². The molecule has 1 aliphatic rings. The Morgan fingerprint density at radius 3 is 2.81 bits per heavy atom. The fourth-order valence-corrected chi connectivity index (χ4v) is 3.52. The van der Waals surface area contributed by atoms with Crippen LogP contribution in [0.1, 0.15) is 21.1 Å². The van der Waals surface area contributed by atoms with Crippen molar-refractivity contribution < 1.29 is 13.2 Å². The van der Waals surface area contributed by atoms with Crippen molar-refractivity contribution in [2.45, 2.75) is 18.2 Å². The molecule has 0 bridgehead atoms. The summed E-state index contributed by atoms with van der Waals surface area (Å²) in [5.41, 5.74) is 1.95. The molecule has 2 heterocycles. The molecule has 110 valence electrons. The number of hydrogen-bond acceptors (Lipinski definition) is 5. The van der Waals surface area contributed by atoms with Gasteiger partial charge in [0.2, 0.25) is 10.0 Å². The van der Waals surface area contributed by atoms with Crippen molar-refractivity contribution in [3.05, 3.63) is 39.8 Å². The second kappa shape index (κ2) is 4.90. The topological polar surface area (TPSA) is 93.4 Å². The van der Waals surface area contributed by atoms with E-state index >= 15 is 0 Å². The number of thiazole rings is 1. The second-order valence-corrected chi connectivity index (χ2v) is 7.42. The van der Waals surface area contributed by atoms with Gasteiger partial charge in [0.1, 0.15) is 5.69 Å². The van der Waals surface area contributed by atoms with E-state index in [1.807, 2.05) is 6.92 Å². The summed E-state index contributed by atoms with van der Waals surface area (Å²) in [4.78, 5) is 18.3. The highest BCUT2D eigenvalue weighted by Gasteiger charge is 2.27. The first-order valence-electron chi connectivity index (χ1n) is 6.26. The maximum atomic E-state index is 12.4. The van der Waals surface area contributed by atoms with E-state index in [0.29, 0.717) is 18.7 Å². The van der Waals surface area contributed by atoms with Gasteiger partial charge in [-0.15, -0.1) is 11.3 Å². The maximum Gasteiger partial charge on any atom is 0.277 e. The van der Waals surface area contributed by atoms with Crippen LogP contribution in [0.4, 0.5) is 5.69 Å². The maximum absolute atomic E-state index is 12.4. The van der Waals surface area contributed by atoms with Gasteiger partial charge >= 0.3 is 0 Å². The number of nitrogens with two attached hydrogens (primary N) is 1. The van der Waals surface area contributed by atoms with Crippen molar-refractivity contribution in [2.24, 2.45) is 5.14 Å².